The van der Waals surface area contributed by atoms with Crippen molar-refractivity contribution in [3.8, 4) is 5.75 Å². The van der Waals surface area contributed by atoms with Crippen molar-refractivity contribution in [1.29, 1.82) is 0 Å². The molecule has 3 rings (SSSR count). The van der Waals surface area contributed by atoms with Crippen LogP contribution in [-0.2, 0) is 23.1 Å². The summed E-state index contributed by atoms with van der Waals surface area (Å²) in [7, 11) is -1.77. The molecular formula is C21H29IN4O3S. The normalized spacial score (nSPS) is 14.0. The standard InChI is InChI=1S/C21H28N4O3S.HI/c1-3-22-21(23-14-16-4-10-19(28-2)11-5-16)24-15-17-6-12-20(13-7-17)29(26,27)25-18-8-9-18;/h4-7,10-13,18,25H,3,8-9,14-15H2,1-2H3,(H2,22,23,24);1H. The molecule has 0 aromatic heterocycles. The molecule has 0 spiro atoms. The predicted molar refractivity (Wildman–Crippen MR) is 130 cm³/mol. The van der Waals surface area contributed by atoms with Crippen LogP contribution in [0.25, 0.3) is 0 Å². The van der Waals surface area contributed by atoms with Crippen LogP contribution in [0.2, 0.25) is 0 Å². The quantitative estimate of drug-likeness (QED) is 0.257. The van der Waals surface area contributed by atoms with Crippen molar-refractivity contribution in [1.82, 2.24) is 15.4 Å². The number of halogens is 1. The summed E-state index contributed by atoms with van der Waals surface area (Å²) in [5.74, 6) is 1.52. The minimum atomic E-state index is -3.41. The lowest BCUT2D eigenvalue weighted by Crippen LogP contribution is -2.36. The van der Waals surface area contributed by atoms with Crippen molar-refractivity contribution < 1.29 is 13.2 Å². The number of benzene rings is 2. The van der Waals surface area contributed by atoms with E-state index in [4.69, 9.17) is 4.74 Å². The first-order valence-electron chi connectivity index (χ1n) is 9.76. The van der Waals surface area contributed by atoms with Crippen LogP contribution in [0.5, 0.6) is 5.75 Å². The molecule has 164 valence electrons. The number of aliphatic imine (C=N–C) groups is 1. The molecule has 0 unspecified atom stereocenters. The van der Waals surface area contributed by atoms with Gasteiger partial charge in [-0.15, -0.1) is 24.0 Å². The Labute approximate surface area is 195 Å². The van der Waals surface area contributed by atoms with Crippen molar-refractivity contribution in [2.75, 3.05) is 13.7 Å². The predicted octanol–water partition coefficient (Wildman–Crippen LogP) is 3.01. The summed E-state index contributed by atoms with van der Waals surface area (Å²) in [6.07, 6.45) is 1.84. The van der Waals surface area contributed by atoms with Crippen LogP contribution >= 0.6 is 24.0 Å². The molecule has 1 saturated carbocycles. The third-order valence-corrected chi connectivity index (χ3v) is 6.05. The van der Waals surface area contributed by atoms with E-state index in [1.165, 1.54) is 0 Å². The number of rotatable bonds is 9. The Balaban J connectivity index is 0.00000320. The first-order chi connectivity index (χ1) is 14.0. The summed E-state index contributed by atoms with van der Waals surface area (Å²) < 4.78 is 32.3. The van der Waals surface area contributed by atoms with Crippen LogP contribution in [0.1, 0.15) is 30.9 Å². The fraction of sp³-hybridized carbons (Fsp3) is 0.381. The van der Waals surface area contributed by atoms with Crippen molar-refractivity contribution in [2.24, 2.45) is 4.99 Å². The molecule has 0 saturated heterocycles. The van der Waals surface area contributed by atoms with Crippen LogP contribution in [0.4, 0.5) is 0 Å². The Kier molecular flexibility index (Phi) is 9.37. The van der Waals surface area contributed by atoms with Gasteiger partial charge in [0.15, 0.2) is 5.96 Å². The van der Waals surface area contributed by atoms with E-state index in [-0.39, 0.29) is 30.0 Å². The molecule has 0 radical (unpaired) electrons. The maximum Gasteiger partial charge on any atom is 0.240 e. The van der Waals surface area contributed by atoms with Gasteiger partial charge in [-0.1, -0.05) is 24.3 Å². The van der Waals surface area contributed by atoms with Crippen molar-refractivity contribution >= 4 is 40.0 Å². The average molecular weight is 544 g/mol. The highest BCUT2D eigenvalue weighted by Gasteiger charge is 2.27. The molecule has 3 N–H and O–H groups in total. The number of nitrogens with zero attached hydrogens (tertiary/aromatic N) is 1. The van der Waals surface area contributed by atoms with Gasteiger partial charge in [-0.3, -0.25) is 0 Å². The smallest absolute Gasteiger partial charge is 0.240 e. The lowest BCUT2D eigenvalue weighted by molar-refractivity contribution is 0.414. The fourth-order valence-corrected chi connectivity index (χ4v) is 4.01. The lowest BCUT2D eigenvalue weighted by Gasteiger charge is -2.12. The van der Waals surface area contributed by atoms with Crippen molar-refractivity contribution in [3.05, 3.63) is 59.7 Å². The number of hydrogen-bond acceptors (Lipinski definition) is 4. The second-order valence-corrected chi connectivity index (χ2v) is 8.65. The van der Waals surface area contributed by atoms with Gasteiger partial charge < -0.3 is 15.4 Å². The van der Waals surface area contributed by atoms with Crippen molar-refractivity contribution in [2.45, 2.75) is 43.8 Å². The second-order valence-electron chi connectivity index (χ2n) is 6.94. The van der Waals surface area contributed by atoms with Gasteiger partial charge in [-0.05, 0) is 55.2 Å². The number of hydrogen-bond donors (Lipinski definition) is 3. The molecule has 0 amide bonds. The summed E-state index contributed by atoms with van der Waals surface area (Å²) in [6, 6.07) is 14.8. The van der Waals surface area contributed by atoms with Crippen LogP contribution in [0.3, 0.4) is 0 Å². The Morgan fingerprint density at radius 2 is 1.67 bits per heavy atom. The summed E-state index contributed by atoms with van der Waals surface area (Å²) >= 11 is 0. The van der Waals surface area contributed by atoms with E-state index in [9.17, 15) is 8.42 Å². The number of guanidine groups is 1. The first kappa shape index (κ1) is 24.4. The number of methoxy groups -OCH3 is 1. The maximum absolute atomic E-state index is 12.2. The first-order valence-corrected chi connectivity index (χ1v) is 11.2. The molecule has 1 aliphatic rings. The highest BCUT2D eigenvalue weighted by molar-refractivity contribution is 14.0. The van der Waals surface area contributed by atoms with Crippen LogP contribution in [0, 0.1) is 0 Å². The van der Waals surface area contributed by atoms with Gasteiger partial charge in [0.05, 0.1) is 18.6 Å². The minimum Gasteiger partial charge on any atom is -0.497 e. The molecule has 30 heavy (non-hydrogen) atoms. The zero-order valence-electron chi connectivity index (χ0n) is 17.2. The molecule has 7 nitrogen and oxygen atoms in total. The number of sulfonamides is 1. The third-order valence-electron chi connectivity index (χ3n) is 4.52. The molecule has 0 aliphatic heterocycles. The van der Waals surface area contributed by atoms with Gasteiger partial charge in [-0.25, -0.2) is 18.1 Å². The van der Waals surface area contributed by atoms with Gasteiger partial charge in [0.2, 0.25) is 10.0 Å². The molecule has 9 heteroatoms. The molecule has 0 atom stereocenters. The Bertz CT molecular complexity index is 928. The lowest BCUT2D eigenvalue weighted by atomic mass is 10.2. The van der Waals surface area contributed by atoms with Gasteiger partial charge in [0.1, 0.15) is 5.75 Å². The second kappa shape index (κ2) is 11.5. The van der Waals surface area contributed by atoms with Gasteiger partial charge >= 0.3 is 0 Å². The van der Waals surface area contributed by atoms with Gasteiger partial charge in [-0.2, -0.15) is 0 Å². The third kappa shape index (κ3) is 7.44. The van der Waals surface area contributed by atoms with Gasteiger partial charge in [0.25, 0.3) is 0 Å². The molecule has 0 bridgehead atoms. The molecule has 1 aliphatic carbocycles. The number of ether oxygens (including phenoxy) is 1. The van der Waals surface area contributed by atoms with E-state index >= 15 is 0 Å². The molecule has 2 aromatic carbocycles. The molecule has 0 heterocycles. The zero-order valence-corrected chi connectivity index (χ0v) is 20.4. The molecule has 1 fully saturated rings. The highest BCUT2D eigenvalue weighted by Crippen LogP contribution is 2.22. The van der Waals surface area contributed by atoms with E-state index in [1.807, 2.05) is 43.3 Å². The topological polar surface area (TPSA) is 91.8 Å². The number of nitrogens with one attached hydrogen (secondary N) is 3. The SMILES string of the molecule is CCNC(=NCc1ccc(OC)cc1)NCc1ccc(S(=O)(=O)NC2CC2)cc1.I. The van der Waals surface area contributed by atoms with Crippen LogP contribution in [-0.4, -0.2) is 34.1 Å². The Morgan fingerprint density at radius 3 is 2.23 bits per heavy atom. The van der Waals surface area contributed by atoms with Gasteiger partial charge in [0, 0.05) is 19.1 Å². The largest absolute Gasteiger partial charge is 0.497 e. The van der Waals surface area contributed by atoms with Crippen molar-refractivity contribution in [3.63, 3.8) is 0 Å². The highest BCUT2D eigenvalue weighted by atomic mass is 127. The van der Waals surface area contributed by atoms with E-state index in [2.05, 4.69) is 20.3 Å². The summed E-state index contributed by atoms with van der Waals surface area (Å²) in [5.41, 5.74) is 2.06. The summed E-state index contributed by atoms with van der Waals surface area (Å²) in [6.45, 7) is 3.85. The monoisotopic (exact) mass is 544 g/mol. The zero-order chi connectivity index (χ0) is 20.7. The summed E-state index contributed by atoms with van der Waals surface area (Å²) in [5, 5.41) is 6.50. The van der Waals surface area contributed by atoms with Crippen LogP contribution < -0.4 is 20.1 Å². The fourth-order valence-electron chi connectivity index (χ4n) is 2.70. The van der Waals surface area contributed by atoms with E-state index in [0.717, 1.165) is 36.3 Å². The Hall–Kier alpha value is -1.85. The Morgan fingerprint density at radius 1 is 1.03 bits per heavy atom. The van der Waals surface area contributed by atoms with E-state index < -0.39 is 10.0 Å². The maximum atomic E-state index is 12.2. The van der Waals surface area contributed by atoms with Crippen LogP contribution in [0.15, 0.2) is 58.4 Å². The molecular weight excluding hydrogens is 515 g/mol. The minimum absolute atomic E-state index is 0. The van der Waals surface area contributed by atoms with E-state index in [1.54, 1.807) is 19.2 Å². The average Bonchev–Trinajstić information content (AvgIpc) is 3.54. The van der Waals surface area contributed by atoms with E-state index in [0.29, 0.717) is 23.9 Å². The molecule has 2 aromatic rings. The summed E-state index contributed by atoms with van der Waals surface area (Å²) in [4.78, 5) is 4.90.